The molecule has 176 valence electrons. The van der Waals surface area contributed by atoms with Crippen LogP contribution >= 0.6 is 0 Å². The van der Waals surface area contributed by atoms with Gasteiger partial charge in [-0.2, -0.15) is 0 Å². The van der Waals surface area contributed by atoms with E-state index >= 15 is 0 Å². The van der Waals surface area contributed by atoms with Gasteiger partial charge in [-0.15, -0.1) is 0 Å². The smallest absolute Gasteiger partial charge is 0.407 e. The lowest BCUT2D eigenvalue weighted by molar-refractivity contribution is -0.671. The molecule has 1 aliphatic heterocycles. The van der Waals surface area contributed by atoms with Crippen molar-refractivity contribution < 1.29 is 47.6 Å². The Labute approximate surface area is 206 Å². The molecule has 8 nitrogen and oxygen atoms in total. The number of hydrogen-bond acceptors (Lipinski definition) is 4. The van der Waals surface area contributed by atoms with Crippen LogP contribution in [0.1, 0.15) is 50.9 Å². The lowest BCUT2D eigenvalue weighted by atomic mass is 10.0. The molecule has 0 saturated carbocycles. The van der Waals surface area contributed by atoms with Gasteiger partial charge in [-0.25, -0.2) is 14.2 Å². The molecule has 0 fully saturated rings. The molecule has 0 saturated heterocycles. The van der Waals surface area contributed by atoms with Crippen LogP contribution < -0.4 is 39.2 Å². The van der Waals surface area contributed by atoms with E-state index in [9.17, 15) is 9.59 Å². The van der Waals surface area contributed by atoms with Crippen LogP contribution in [0, 0.1) is 0 Å². The number of ether oxygens (including phenoxy) is 2. The Balaban J connectivity index is 0.00000363. The standard InChI is InChI=1S/C23H32N4O4.HI/c1-15(2)24-22(28)30-13-18-19(14-31-23(29)25-16(3)4)21(27-10-6-7-20(18)27)17-8-11-26(5)12-9-17;/h8-9,11-12,15-16H,6-7,10,13-14H2,1-5H3,(H-,24,25,28,29);1H. The molecular weight excluding hydrogens is 523 g/mol. The van der Waals surface area contributed by atoms with E-state index in [4.69, 9.17) is 9.47 Å². The maximum absolute atomic E-state index is 12.2. The fraction of sp³-hybridized carbons (Fsp3) is 0.522. The Bertz CT molecular complexity index is 938. The molecule has 9 heteroatoms. The molecule has 2 amide bonds. The molecule has 3 rings (SSSR count). The van der Waals surface area contributed by atoms with Gasteiger partial charge < -0.3 is 48.7 Å². The van der Waals surface area contributed by atoms with Crippen molar-refractivity contribution in [3.05, 3.63) is 41.3 Å². The summed E-state index contributed by atoms with van der Waals surface area (Å²) in [5, 5.41) is 5.50. The molecule has 1 aliphatic rings. The van der Waals surface area contributed by atoms with Gasteiger partial charge in [0.1, 0.15) is 20.3 Å². The second-order valence-electron chi connectivity index (χ2n) is 8.51. The monoisotopic (exact) mass is 556 g/mol. The summed E-state index contributed by atoms with van der Waals surface area (Å²) in [4.78, 5) is 24.3. The maximum Gasteiger partial charge on any atom is 0.407 e. The summed E-state index contributed by atoms with van der Waals surface area (Å²) in [6.45, 7) is 8.68. The number of alkyl carbamates (subject to hydrolysis) is 2. The normalized spacial score (nSPS) is 12.3. The number of nitrogens with zero attached hydrogens (tertiary/aromatic N) is 2. The third-order valence-corrected chi connectivity index (χ3v) is 5.15. The van der Waals surface area contributed by atoms with E-state index in [1.165, 1.54) is 0 Å². The molecule has 0 unspecified atom stereocenters. The predicted octanol–water partition coefficient (Wildman–Crippen LogP) is 0.199. The topological polar surface area (TPSA) is 85.5 Å². The molecule has 0 aliphatic carbocycles. The first kappa shape index (κ1) is 26.0. The average Bonchev–Trinajstić information content (AvgIpc) is 3.25. The zero-order chi connectivity index (χ0) is 22.5. The molecule has 0 atom stereocenters. The Morgan fingerprint density at radius 1 is 1.00 bits per heavy atom. The van der Waals surface area contributed by atoms with Crippen LogP contribution in [-0.4, -0.2) is 28.8 Å². The molecule has 2 aromatic rings. The van der Waals surface area contributed by atoms with Crippen molar-refractivity contribution in [3.8, 4) is 11.3 Å². The summed E-state index contributed by atoms with van der Waals surface area (Å²) < 4.78 is 15.3. The zero-order valence-corrected chi connectivity index (χ0v) is 21.6. The third kappa shape index (κ3) is 6.36. The number of hydrogen-bond donors (Lipinski definition) is 2. The summed E-state index contributed by atoms with van der Waals surface area (Å²) in [5.41, 5.74) is 5.02. The molecule has 0 aromatic carbocycles. The second kappa shape index (κ2) is 11.5. The number of pyridine rings is 1. The highest BCUT2D eigenvalue weighted by molar-refractivity contribution is 5.71. The van der Waals surface area contributed by atoms with Gasteiger partial charge in [0, 0.05) is 53.1 Å². The number of carbonyl (C=O) groups excluding carboxylic acids is 2. The van der Waals surface area contributed by atoms with Crippen LogP contribution in [0.5, 0.6) is 0 Å². The molecule has 2 N–H and O–H groups in total. The minimum absolute atomic E-state index is 0. The highest BCUT2D eigenvalue weighted by Gasteiger charge is 2.28. The second-order valence-corrected chi connectivity index (χ2v) is 8.51. The third-order valence-electron chi connectivity index (χ3n) is 5.15. The van der Waals surface area contributed by atoms with Gasteiger partial charge in [0.25, 0.3) is 0 Å². The largest absolute Gasteiger partial charge is 1.00 e. The van der Waals surface area contributed by atoms with Crippen LogP contribution in [-0.2, 0) is 42.7 Å². The van der Waals surface area contributed by atoms with Gasteiger partial charge in [-0.05, 0) is 40.5 Å². The lowest BCUT2D eigenvalue weighted by Gasteiger charge is -2.14. The average molecular weight is 556 g/mol. The number of aromatic nitrogens is 2. The minimum atomic E-state index is -0.462. The van der Waals surface area contributed by atoms with Crippen LogP contribution in [0.15, 0.2) is 24.5 Å². The van der Waals surface area contributed by atoms with Crippen molar-refractivity contribution in [1.82, 2.24) is 15.2 Å². The molecule has 0 radical (unpaired) electrons. The minimum Gasteiger partial charge on any atom is -1.00 e. The van der Waals surface area contributed by atoms with Crippen molar-refractivity contribution in [2.75, 3.05) is 0 Å². The summed E-state index contributed by atoms with van der Waals surface area (Å²) in [7, 11) is 1.97. The first-order valence-corrected chi connectivity index (χ1v) is 10.8. The number of halogens is 1. The fourth-order valence-corrected chi connectivity index (χ4v) is 3.86. The molecule has 0 spiro atoms. The maximum atomic E-state index is 12.2. The van der Waals surface area contributed by atoms with E-state index in [0.717, 1.165) is 47.5 Å². The van der Waals surface area contributed by atoms with E-state index in [1.54, 1.807) is 0 Å². The van der Waals surface area contributed by atoms with Gasteiger partial charge in [0.05, 0.1) is 5.69 Å². The highest BCUT2D eigenvalue weighted by atomic mass is 127. The number of rotatable bonds is 7. The van der Waals surface area contributed by atoms with Crippen LogP contribution in [0.25, 0.3) is 11.3 Å². The summed E-state index contributed by atoms with van der Waals surface area (Å²) in [6.07, 6.45) is 5.00. The quantitative estimate of drug-likeness (QED) is 0.377. The molecule has 3 heterocycles. The first-order chi connectivity index (χ1) is 14.8. The number of nitrogens with one attached hydrogen (secondary N) is 2. The van der Waals surface area contributed by atoms with E-state index in [1.807, 2.05) is 51.7 Å². The van der Waals surface area contributed by atoms with Crippen molar-refractivity contribution in [3.63, 3.8) is 0 Å². The van der Waals surface area contributed by atoms with E-state index in [-0.39, 0.29) is 49.3 Å². The van der Waals surface area contributed by atoms with Gasteiger partial charge in [-0.3, -0.25) is 0 Å². The van der Waals surface area contributed by atoms with Gasteiger partial charge in [0.15, 0.2) is 12.4 Å². The van der Waals surface area contributed by atoms with Gasteiger partial charge in [-0.1, -0.05) is 0 Å². The Morgan fingerprint density at radius 3 is 2.06 bits per heavy atom. The molecule has 2 aromatic heterocycles. The SMILES string of the molecule is CC(C)NC(=O)OCc1c(COC(=O)NC(C)C)c(-c2cc[n+](C)cc2)n2c1CCC2.[I-]. The summed E-state index contributed by atoms with van der Waals surface area (Å²) in [6, 6.07) is 4.08. The Morgan fingerprint density at radius 2 is 1.53 bits per heavy atom. The van der Waals surface area contributed by atoms with Gasteiger partial charge >= 0.3 is 12.2 Å². The number of aryl methyl sites for hydroxylation is 1. The van der Waals surface area contributed by atoms with Crippen molar-refractivity contribution >= 4 is 12.2 Å². The lowest BCUT2D eigenvalue weighted by Crippen LogP contribution is -3.00. The van der Waals surface area contributed by atoms with Crippen molar-refractivity contribution in [2.45, 2.75) is 72.4 Å². The van der Waals surface area contributed by atoms with Crippen molar-refractivity contribution in [1.29, 1.82) is 0 Å². The number of fused-ring (bicyclic) bond motifs is 1. The fourth-order valence-electron chi connectivity index (χ4n) is 3.86. The first-order valence-electron chi connectivity index (χ1n) is 10.8. The zero-order valence-electron chi connectivity index (χ0n) is 19.4. The molecule has 0 bridgehead atoms. The van der Waals surface area contributed by atoms with Crippen LogP contribution in [0.2, 0.25) is 0 Å². The molecular formula is C23H33IN4O4. The Hall–Kier alpha value is -2.30. The van der Waals surface area contributed by atoms with E-state index < -0.39 is 12.2 Å². The van der Waals surface area contributed by atoms with Crippen LogP contribution in [0.4, 0.5) is 9.59 Å². The van der Waals surface area contributed by atoms with Gasteiger partial charge in [0.2, 0.25) is 0 Å². The molecule has 32 heavy (non-hydrogen) atoms. The summed E-state index contributed by atoms with van der Waals surface area (Å²) in [5.74, 6) is 0. The number of carbonyl (C=O) groups is 2. The highest BCUT2D eigenvalue weighted by Crippen LogP contribution is 2.36. The van der Waals surface area contributed by atoms with Crippen molar-refractivity contribution in [2.24, 2.45) is 7.05 Å². The van der Waals surface area contributed by atoms with E-state index in [0.29, 0.717) is 0 Å². The number of amides is 2. The van der Waals surface area contributed by atoms with Crippen LogP contribution in [0.3, 0.4) is 0 Å². The summed E-state index contributed by atoms with van der Waals surface area (Å²) >= 11 is 0. The van der Waals surface area contributed by atoms with E-state index in [2.05, 4.69) is 27.3 Å². The Kier molecular flexibility index (Phi) is 9.35. The predicted molar refractivity (Wildman–Crippen MR) is 116 cm³/mol.